The van der Waals surface area contributed by atoms with Crippen molar-refractivity contribution in [3.63, 3.8) is 0 Å². The summed E-state index contributed by atoms with van der Waals surface area (Å²) in [6.07, 6.45) is 0. The fraction of sp³-hybridized carbons (Fsp3) is 0. The summed E-state index contributed by atoms with van der Waals surface area (Å²) in [7, 11) is -1.91. The quantitative estimate of drug-likeness (QED) is 0.191. The molecule has 0 atom stereocenters. The van der Waals surface area contributed by atoms with E-state index in [1.165, 1.54) is 21.2 Å². The number of rotatable bonds is 4. The van der Waals surface area contributed by atoms with Gasteiger partial charge >= 0.3 is 0 Å². The normalized spacial score (nSPS) is 10.5. The summed E-state index contributed by atoms with van der Waals surface area (Å²) < 4.78 is 0.417. The monoisotopic (exact) mass is 653 g/mol. The van der Waals surface area contributed by atoms with Crippen LogP contribution >= 0.6 is 42.6 Å². The molecule has 0 aliphatic carbocycles. The van der Waals surface area contributed by atoms with Crippen molar-refractivity contribution in [1.29, 1.82) is 0 Å². The van der Waals surface area contributed by atoms with Crippen molar-refractivity contribution in [2.24, 2.45) is 0 Å². The van der Waals surface area contributed by atoms with Gasteiger partial charge in [0.25, 0.3) is 0 Å². The van der Waals surface area contributed by atoms with E-state index in [1.54, 1.807) is 0 Å². The van der Waals surface area contributed by atoms with Gasteiger partial charge in [-0.05, 0) is 52.0 Å². The molecule has 4 rings (SSSR count). The van der Waals surface area contributed by atoms with Crippen molar-refractivity contribution in [1.82, 2.24) is 3.46 Å². The molecular formula is C24H20Cl3NPPt+. The van der Waals surface area contributed by atoms with Crippen molar-refractivity contribution in [3.05, 3.63) is 121 Å². The molecule has 4 aromatic rings. The van der Waals surface area contributed by atoms with Gasteiger partial charge in [-0.1, -0.05) is 72.8 Å². The van der Waals surface area contributed by atoms with Crippen LogP contribution in [0.2, 0.25) is 0 Å². The van der Waals surface area contributed by atoms with Crippen LogP contribution in [0.15, 0.2) is 121 Å². The van der Waals surface area contributed by atoms with E-state index in [4.69, 9.17) is 0 Å². The Morgan fingerprint density at radius 3 is 0.733 bits per heavy atom. The van der Waals surface area contributed by atoms with Gasteiger partial charge in [0.05, 0.1) is 0 Å². The number of nitrogens with zero attached hydrogens (tertiary/aromatic N) is 1. The van der Waals surface area contributed by atoms with Crippen LogP contribution in [0.4, 0.5) is 0 Å². The number of hydrogen-bond donors (Lipinski definition) is 0. The van der Waals surface area contributed by atoms with Crippen LogP contribution in [0.5, 0.6) is 0 Å². The van der Waals surface area contributed by atoms with Crippen molar-refractivity contribution in [2.45, 2.75) is 0 Å². The minimum absolute atomic E-state index is 0. The Kier molecular flexibility index (Phi) is 10.6. The molecule has 0 bridgehead atoms. The molecule has 1 nitrogen and oxygen atoms in total. The van der Waals surface area contributed by atoms with Gasteiger partial charge in [0, 0.05) is 56.4 Å². The molecule has 0 amide bonds. The smallest absolute Gasteiger partial charge is 0.0620 e. The SMILES string of the molecule is ClN(Cl)Cl.[Pt].c1ccc([P+](c2ccccc2)(c2ccccc2)c2ccccc2)cc1. The van der Waals surface area contributed by atoms with E-state index in [2.05, 4.69) is 157 Å². The fourth-order valence-corrected chi connectivity index (χ4v) is 7.77. The van der Waals surface area contributed by atoms with Gasteiger partial charge in [0.15, 0.2) is 0 Å². The molecule has 0 unspecified atom stereocenters. The van der Waals surface area contributed by atoms with Crippen molar-refractivity contribution >= 4 is 63.8 Å². The first-order chi connectivity index (χ1) is 14.2. The molecule has 0 aliphatic heterocycles. The summed E-state index contributed by atoms with van der Waals surface area (Å²) in [6, 6.07) is 43.8. The molecule has 6 heteroatoms. The molecule has 156 valence electrons. The maximum Gasteiger partial charge on any atom is 0.144 e. The van der Waals surface area contributed by atoms with Gasteiger partial charge in [0.2, 0.25) is 0 Å². The molecule has 0 aliphatic rings. The molecule has 0 aromatic heterocycles. The van der Waals surface area contributed by atoms with Gasteiger partial charge in [-0.2, -0.15) is 0 Å². The van der Waals surface area contributed by atoms with E-state index in [1.807, 2.05) is 0 Å². The summed E-state index contributed by atoms with van der Waals surface area (Å²) in [6.45, 7) is 0. The maximum absolute atomic E-state index is 4.64. The minimum atomic E-state index is -1.91. The molecule has 0 heterocycles. The average molecular weight is 655 g/mol. The van der Waals surface area contributed by atoms with Gasteiger partial charge in [0.1, 0.15) is 28.5 Å². The second-order valence-corrected chi connectivity index (χ2v) is 11.1. The topological polar surface area (TPSA) is 3.24 Å². The zero-order valence-electron chi connectivity index (χ0n) is 15.9. The van der Waals surface area contributed by atoms with Gasteiger partial charge < -0.3 is 0 Å². The first-order valence-electron chi connectivity index (χ1n) is 9.04. The first-order valence-corrected chi connectivity index (χ1v) is 11.8. The summed E-state index contributed by atoms with van der Waals surface area (Å²) >= 11 is 13.9. The molecule has 4 aromatic carbocycles. The summed E-state index contributed by atoms with van der Waals surface area (Å²) in [4.78, 5) is 0. The van der Waals surface area contributed by atoms with Crippen LogP contribution in [0, 0.1) is 0 Å². The fourth-order valence-electron chi connectivity index (χ4n) is 3.50. The zero-order valence-corrected chi connectivity index (χ0v) is 21.3. The predicted octanol–water partition coefficient (Wildman–Crippen LogP) is 6.05. The Morgan fingerprint density at radius 2 is 0.567 bits per heavy atom. The molecule has 0 saturated heterocycles. The van der Waals surface area contributed by atoms with Crippen LogP contribution in [0.25, 0.3) is 0 Å². The number of hydrogen-bond acceptors (Lipinski definition) is 1. The third-order valence-corrected chi connectivity index (χ3v) is 8.86. The molecule has 0 radical (unpaired) electrons. The Balaban J connectivity index is 0.000000591. The molecule has 30 heavy (non-hydrogen) atoms. The van der Waals surface area contributed by atoms with Crippen molar-refractivity contribution in [2.75, 3.05) is 0 Å². The second-order valence-electron chi connectivity index (χ2n) is 6.20. The van der Waals surface area contributed by atoms with Crippen LogP contribution in [-0.2, 0) is 21.1 Å². The summed E-state index contributed by atoms with van der Waals surface area (Å²) in [5.41, 5.74) is 0. The summed E-state index contributed by atoms with van der Waals surface area (Å²) in [5, 5.41) is 5.55. The van der Waals surface area contributed by atoms with E-state index >= 15 is 0 Å². The Bertz CT molecular complexity index is 822. The van der Waals surface area contributed by atoms with Crippen molar-refractivity contribution in [3.8, 4) is 0 Å². The van der Waals surface area contributed by atoms with Gasteiger partial charge in [-0.15, -0.1) is 0 Å². The molecule has 0 N–H and O–H groups in total. The standard InChI is InChI=1S/C24H20P.Cl3N.Pt/c1-5-13-21(14-6-1)25(22-15-7-2-8-16-22,23-17-9-3-10-18-23)24-19-11-4-12-20-24;1-4(2)3;/h1-20H;;/q+1;;. The van der Waals surface area contributed by atoms with Crippen molar-refractivity contribution < 1.29 is 21.1 Å². The van der Waals surface area contributed by atoms with E-state index in [0.29, 0.717) is 3.46 Å². The third kappa shape index (κ3) is 5.95. The third-order valence-electron chi connectivity index (χ3n) is 4.57. The van der Waals surface area contributed by atoms with Crippen LogP contribution in [0.3, 0.4) is 0 Å². The second kappa shape index (κ2) is 12.6. The van der Waals surface area contributed by atoms with E-state index in [9.17, 15) is 0 Å². The minimum Gasteiger partial charge on any atom is -0.0620 e. The Labute approximate surface area is 208 Å². The van der Waals surface area contributed by atoms with Gasteiger partial charge in [-0.25, -0.2) is 0 Å². The first kappa shape index (κ1) is 25.1. The predicted molar refractivity (Wildman–Crippen MR) is 131 cm³/mol. The van der Waals surface area contributed by atoms with E-state index in [0.717, 1.165) is 0 Å². The average Bonchev–Trinajstić information content (AvgIpc) is 2.77. The summed E-state index contributed by atoms with van der Waals surface area (Å²) in [5.74, 6) is 0. The maximum atomic E-state index is 4.64. The number of benzene rings is 4. The molecule has 0 saturated carbocycles. The molecular weight excluding hydrogens is 635 g/mol. The van der Waals surface area contributed by atoms with Crippen LogP contribution in [0.1, 0.15) is 0 Å². The largest absolute Gasteiger partial charge is 0.144 e. The van der Waals surface area contributed by atoms with E-state index in [-0.39, 0.29) is 21.1 Å². The Hall–Kier alpha value is -1.17. The zero-order chi connectivity index (χ0) is 20.5. The Morgan fingerprint density at radius 1 is 0.400 bits per heavy atom. The van der Waals surface area contributed by atoms with Gasteiger partial charge in [-0.3, -0.25) is 0 Å². The molecule has 0 spiro atoms. The van der Waals surface area contributed by atoms with Crippen LogP contribution < -0.4 is 21.2 Å². The van der Waals surface area contributed by atoms with E-state index < -0.39 is 7.26 Å². The number of halogens is 3. The molecule has 0 fully saturated rings. The van der Waals surface area contributed by atoms with Crippen LogP contribution in [-0.4, -0.2) is 3.46 Å².